The third kappa shape index (κ3) is 5.93. The highest BCUT2D eigenvalue weighted by Gasteiger charge is 2.36. The molecule has 0 N–H and O–H groups in total. The van der Waals surface area contributed by atoms with Crippen molar-refractivity contribution in [2.45, 2.75) is 31.4 Å². The second-order valence-electron chi connectivity index (χ2n) is 9.45. The zero-order chi connectivity index (χ0) is 27.7. The number of thiophene rings is 1. The molecule has 0 bridgehead atoms. The van der Waals surface area contributed by atoms with Crippen LogP contribution >= 0.6 is 46.1 Å². The Morgan fingerprint density at radius 3 is 2.64 bits per heavy atom. The highest BCUT2D eigenvalue weighted by Crippen LogP contribution is 2.41. The van der Waals surface area contributed by atoms with Crippen LogP contribution < -0.4 is 0 Å². The molecule has 2 aromatic carbocycles. The summed E-state index contributed by atoms with van der Waals surface area (Å²) in [5.74, 6) is -0.773. The maximum Gasteiger partial charge on any atom is 0.288 e. The molecule has 2 unspecified atom stereocenters. The summed E-state index contributed by atoms with van der Waals surface area (Å²) in [4.78, 5) is 42.7. The summed E-state index contributed by atoms with van der Waals surface area (Å²) in [5.41, 5.74) is 1.45. The zero-order valence-corrected chi connectivity index (χ0v) is 23.7. The number of nitro benzene ring substituents is 1. The molecule has 2 aliphatic rings. The Hall–Kier alpha value is -2.69. The van der Waals surface area contributed by atoms with E-state index in [4.69, 9.17) is 39.5 Å². The largest absolute Gasteiger partial charge is 0.376 e. The average Bonchev–Trinajstić information content (AvgIpc) is 3.60. The fourth-order valence-corrected chi connectivity index (χ4v) is 6.72. The van der Waals surface area contributed by atoms with Crippen LogP contribution in [-0.4, -0.2) is 58.9 Å². The predicted octanol–water partition coefficient (Wildman–Crippen LogP) is 6.41. The monoisotopic (exact) mass is 607 g/mol. The van der Waals surface area contributed by atoms with Crippen molar-refractivity contribution in [2.24, 2.45) is 0 Å². The summed E-state index contributed by atoms with van der Waals surface area (Å²) in [6.07, 6.45) is 2.07. The second kappa shape index (κ2) is 11.8. The van der Waals surface area contributed by atoms with Gasteiger partial charge in [-0.05, 0) is 66.1 Å². The van der Waals surface area contributed by atoms with Gasteiger partial charge in [-0.2, -0.15) is 0 Å². The van der Waals surface area contributed by atoms with Crippen molar-refractivity contribution >= 4 is 63.6 Å². The normalized spacial score (nSPS) is 18.6. The minimum atomic E-state index is -0.638. The maximum absolute atomic E-state index is 13.9. The van der Waals surface area contributed by atoms with Crippen molar-refractivity contribution in [2.75, 3.05) is 26.2 Å². The first kappa shape index (κ1) is 27.9. The topological polar surface area (TPSA) is 93.0 Å². The second-order valence-corrected chi connectivity index (χ2v) is 11.7. The van der Waals surface area contributed by atoms with Crippen LogP contribution in [-0.2, 0) is 16.0 Å². The number of hydrogen-bond donors (Lipinski definition) is 0. The number of amides is 2. The van der Waals surface area contributed by atoms with Gasteiger partial charge in [-0.3, -0.25) is 19.7 Å². The molecule has 39 heavy (non-hydrogen) atoms. The number of carbonyl (C=O) groups excluding carboxylic acids is 2. The molecule has 204 valence electrons. The summed E-state index contributed by atoms with van der Waals surface area (Å²) in [6, 6.07) is 10.7. The molecule has 0 saturated carbocycles. The number of benzene rings is 2. The van der Waals surface area contributed by atoms with Gasteiger partial charge in [-0.1, -0.05) is 40.9 Å². The van der Waals surface area contributed by atoms with E-state index in [-0.39, 0.29) is 41.4 Å². The molecule has 2 atom stereocenters. The first-order chi connectivity index (χ1) is 18.7. The van der Waals surface area contributed by atoms with Crippen LogP contribution in [0.2, 0.25) is 15.1 Å². The predicted molar refractivity (Wildman–Crippen MR) is 151 cm³/mol. The van der Waals surface area contributed by atoms with Gasteiger partial charge in [-0.15, -0.1) is 11.3 Å². The lowest BCUT2D eigenvalue weighted by atomic mass is 9.93. The molecule has 12 heteroatoms. The molecular formula is C27H24Cl3N3O5S. The van der Waals surface area contributed by atoms with Gasteiger partial charge in [0.25, 0.3) is 11.6 Å². The van der Waals surface area contributed by atoms with Gasteiger partial charge in [0, 0.05) is 46.2 Å². The van der Waals surface area contributed by atoms with E-state index in [1.807, 2.05) is 17.5 Å². The van der Waals surface area contributed by atoms with Crippen molar-refractivity contribution in [1.29, 1.82) is 0 Å². The van der Waals surface area contributed by atoms with Crippen LogP contribution in [0.15, 0.2) is 47.8 Å². The number of carbonyl (C=O) groups is 2. The molecule has 1 saturated heterocycles. The minimum absolute atomic E-state index is 0.0686. The first-order valence-corrected chi connectivity index (χ1v) is 14.4. The van der Waals surface area contributed by atoms with Gasteiger partial charge in [0.1, 0.15) is 11.6 Å². The Kier molecular flexibility index (Phi) is 8.44. The van der Waals surface area contributed by atoms with Gasteiger partial charge in [0.2, 0.25) is 5.91 Å². The van der Waals surface area contributed by atoms with Crippen LogP contribution in [0.1, 0.15) is 45.2 Å². The Bertz CT molecular complexity index is 1430. The smallest absolute Gasteiger partial charge is 0.288 e. The van der Waals surface area contributed by atoms with Gasteiger partial charge < -0.3 is 14.5 Å². The molecule has 5 rings (SSSR count). The Morgan fingerprint density at radius 2 is 1.92 bits per heavy atom. The molecule has 8 nitrogen and oxygen atoms in total. The van der Waals surface area contributed by atoms with Crippen molar-refractivity contribution in [3.63, 3.8) is 0 Å². The summed E-state index contributed by atoms with van der Waals surface area (Å²) >= 11 is 20.3. The molecule has 3 aromatic rings. The van der Waals surface area contributed by atoms with Crippen molar-refractivity contribution < 1.29 is 19.2 Å². The van der Waals surface area contributed by atoms with E-state index in [0.717, 1.165) is 30.0 Å². The lowest BCUT2D eigenvalue weighted by Gasteiger charge is -2.38. The van der Waals surface area contributed by atoms with Gasteiger partial charge in [-0.25, -0.2) is 0 Å². The molecule has 0 radical (unpaired) electrons. The van der Waals surface area contributed by atoms with Crippen LogP contribution in [0.25, 0.3) is 0 Å². The first-order valence-electron chi connectivity index (χ1n) is 12.4. The molecule has 2 aliphatic heterocycles. The third-order valence-corrected chi connectivity index (χ3v) is 8.87. The Labute approximate surface area is 244 Å². The lowest BCUT2D eigenvalue weighted by Crippen LogP contribution is -2.48. The summed E-state index contributed by atoms with van der Waals surface area (Å²) in [5, 5.41) is 14.3. The number of fused-ring (bicyclic) bond motifs is 1. The average molecular weight is 609 g/mol. The molecule has 3 heterocycles. The fourth-order valence-electron chi connectivity index (χ4n) is 5.12. The molecular weight excluding hydrogens is 585 g/mol. The molecule has 2 amide bonds. The minimum Gasteiger partial charge on any atom is -0.376 e. The summed E-state index contributed by atoms with van der Waals surface area (Å²) in [7, 11) is 0. The van der Waals surface area contributed by atoms with E-state index in [1.54, 1.807) is 28.4 Å². The summed E-state index contributed by atoms with van der Waals surface area (Å²) in [6.45, 7) is 0.989. The number of nitro groups is 1. The van der Waals surface area contributed by atoms with Gasteiger partial charge in [0.05, 0.1) is 17.1 Å². The van der Waals surface area contributed by atoms with E-state index < -0.39 is 16.9 Å². The SMILES string of the molecule is O=C(c1ccc(Cl)c([N+](=O)[O-])c1)N(CC(=O)N1CCc2sccc2C1c1ccc(Cl)cc1Cl)CC1CCCO1. The Balaban J connectivity index is 1.46. The summed E-state index contributed by atoms with van der Waals surface area (Å²) < 4.78 is 5.75. The molecule has 1 fully saturated rings. The number of halogens is 3. The van der Waals surface area contributed by atoms with Crippen LogP contribution in [0.5, 0.6) is 0 Å². The van der Waals surface area contributed by atoms with Crippen LogP contribution in [0, 0.1) is 10.1 Å². The highest BCUT2D eigenvalue weighted by atomic mass is 35.5. The van der Waals surface area contributed by atoms with Crippen molar-refractivity contribution in [3.05, 3.63) is 94.6 Å². The molecule has 0 spiro atoms. The quantitative estimate of drug-likeness (QED) is 0.228. The molecule has 1 aromatic heterocycles. The lowest BCUT2D eigenvalue weighted by molar-refractivity contribution is -0.384. The van der Waals surface area contributed by atoms with E-state index in [0.29, 0.717) is 29.6 Å². The third-order valence-electron chi connectivity index (χ3n) is 6.99. The van der Waals surface area contributed by atoms with E-state index >= 15 is 0 Å². The van der Waals surface area contributed by atoms with Crippen molar-refractivity contribution in [3.8, 4) is 0 Å². The molecule has 0 aliphatic carbocycles. The Morgan fingerprint density at radius 1 is 1.10 bits per heavy atom. The standard InChI is InChI=1S/C27H24Cl3N3O5S/c28-17-4-5-19(22(30)13-17)26-20-8-11-39-24(20)7-9-32(26)25(34)15-31(14-18-2-1-10-38-18)27(35)16-3-6-21(29)23(12-16)33(36)37/h3-6,8,11-13,18,26H,1-2,7,9-10,14-15H2. The van der Waals surface area contributed by atoms with Crippen LogP contribution in [0.4, 0.5) is 5.69 Å². The van der Waals surface area contributed by atoms with Gasteiger partial charge >= 0.3 is 0 Å². The van der Waals surface area contributed by atoms with Crippen LogP contribution in [0.3, 0.4) is 0 Å². The number of hydrogen-bond acceptors (Lipinski definition) is 6. The van der Waals surface area contributed by atoms with E-state index in [2.05, 4.69) is 0 Å². The van der Waals surface area contributed by atoms with Crippen molar-refractivity contribution in [1.82, 2.24) is 9.80 Å². The maximum atomic E-state index is 13.9. The highest BCUT2D eigenvalue weighted by molar-refractivity contribution is 7.10. The number of ether oxygens (including phenoxy) is 1. The van der Waals surface area contributed by atoms with E-state index in [9.17, 15) is 19.7 Å². The fraction of sp³-hybridized carbons (Fsp3) is 0.333. The number of nitrogens with zero attached hydrogens (tertiary/aromatic N) is 3. The van der Waals surface area contributed by atoms with E-state index in [1.165, 1.54) is 21.9 Å². The van der Waals surface area contributed by atoms with Gasteiger partial charge in [0.15, 0.2) is 0 Å². The zero-order valence-electron chi connectivity index (χ0n) is 20.6. The number of rotatable bonds is 7.